The molecule has 5 rings (SSSR count). The van der Waals surface area contributed by atoms with E-state index in [0.29, 0.717) is 29.5 Å². The number of nitrogens with zero attached hydrogens (tertiary/aromatic N) is 3. The molecule has 8 atom stereocenters. The molecule has 0 radical (unpaired) electrons. The largest absolute Gasteiger partial charge is 0.480 e. The lowest BCUT2D eigenvalue weighted by Crippen LogP contribution is -2.60. The number of nitrogens with one attached hydrogen (secondary N) is 7. The van der Waals surface area contributed by atoms with Crippen molar-refractivity contribution in [3.63, 3.8) is 0 Å². The van der Waals surface area contributed by atoms with Crippen LogP contribution in [0.2, 0.25) is 0 Å². The van der Waals surface area contributed by atoms with Gasteiger partial charge in [0.1, 0.15) is 42.3 Å². The van der Waals surface area contributed by atoms with Crippen LogP contribution in [-0.4, -0.2) is 161 Å². The Morgan fingerprint density at radius 1 is 0.512 bits per heavy atom. The predicted octanol–water partition coefficient (Wildman–Crippen LogP) is -2.52. The Balaban J connectivity index is 1.28. The van der Waals surface area contributed by atoms with Crippen LogP contribution in [0.15, 0.2) is 131 Å². The van der Waals surface area contributed by atoms with Crippen LogP contribution in [0.4, 0.5) is 0 Å². The second-order valence-electron chi connectivity index (χ2n) is 20.1. The summed E-state index contributed by atoms with van der Waals surface area (Å²) in [4.78, 5) is 133. The van der Waals surface area contributed by atoms with Crippen molar-refractivity contribution in [1.82, 2.24) is 42.1 Å². The number of likely N-dealkylation sites (tertiary alicyclic amines) is 1. The molecule has 0 bridgehead atoms. The number of carboxylic acid groups (broad SMARTS) is 1. The van der Waals surface area contributed by atoms with E-state index in [-0.39, 0.29) is 82.9 Å². The third-order valence-electron chi connectivity index (χ3n) is 13.6. The van der Waals surface area contributed by atoms with Crippen molar-refractivity contribution < 1.29 is 53.4 Å². The molecule has 450 valence electrons. The fourth-order valence-electron chi connectivity index (χ4n) is 9.23. The maximum Gasteiger partial charge on any atom is 0.326 e. The van der Waals surface area contributed by atoms with Gasteiger partial charge in [0.25, 0.3) is 0 Å². The van der Waals surface area contributed by atoms with Crippen molar-refractivity contribution in [3.8, 4) is 0 Å². The highest BCUT2D eigenvalue weighted by atomic mass is 16.4. The highest BCUT2D eigenvalue weighted by molar-refractivity contribution is 5.98. The number of nitrogens with two attached hydrogens (primary N) is 5. The fourth-order valence-corrected chi connectivity index (χ4v) is 9.23. The number of aliphatic imine (C=N–C) groups is 2. The van der Waals surface area contributed by atoms with Gasteiger partial charge < -0.3 is 81.0 Å². The van der Waals surface area contributed by atoms with Gasteiger partial charge in [-0.05, 0) is 60.8 Å². The highest BCUT2D eigenvalue weighted by Crippen LogP contribution is 2.20. The summed E-state index contributed by atoms with van der Waals surface area (Å²) >= 11 is 0. The summed E-state index contributed by atoms with van der Waals surface area (Å²) in [6.07, 6.45) is 1.20. The molecule has 1 saturated heterocycles. The minimum atomic E-state index is -1.70. The molecule has 4 aromatic rings. The Labute approximate surface area is 486 Å². The maximum absolute atomic E-state index is 14.4. The average Bonchev–Trinajstić information content (AvgIpc) is 4.22. The van der Waals surface area contributed by atoms with Gasteiger partial charge in [0.15, 0.2) is 11.9 Å². The van der Waals surface area contributed by atoms with Gasteiger partial charge in [-0.1, -0.05) is 121 Å². The van der Waals surface area contributed by atoms with Crippen LogP contribution in [0.25, 0.3) is 0 Å². The lowest BCUT2D eigenvalue weighted by Gasteiger charge is -2.29. The van der Waals surface area contributed by atoms with E-state index in [1.54, 1.807) is 121 Å². The van der Waals surface area contributed by atoms with E-state index in [4.69, 9.17) is 28.7 Å². The van der Waals surface area contributed by atoms with Crippen molar-refractivity contribution in [3.05, 3.63) is 144 Å². The van der Waals surface area contributed by atoms with Gasteiger partial charge in [0, 0.05) is 45.3 Å². The van der Waals surface area contributed by atoms with E-state index < -0.39 is 115 Å². The van der Waals surface area contributed by atoms with Gasteiger partial charge in [-0.3, -0.25) is 48.3 Å². The van der Waals surface area contributed by atoms with E-state index >= 15 is 0 Å². The summed E-state index contributed by atoms with van der Waals surface area (Å²) in [5, 5.41) is 38.8. The predicted molar refractivity (Wildman–Crippen MR) is 312 cm³/mol. The molecule has 4 aromatic carbocycles. The minimum absolute atomic E-state index is 0.0515. The Hall–Kier alpha value is -9.43. The molecule has 26 heteroatoms. The molecule has 8 amide bonds. The number of amides is 8. The third kappa shape index (κ3) is 22.1. The molecule has 0 aromatic heterocycles. The fraction of sp³-hybridized carbons (Fsp3) is 0.397. The van der Waals surface area contributed by atoms with E-state index in [0.717, 1.165) is 5.56 Å². The first-order chi connectivity index (χ1) is 40.3. The lowest BCUT2D eigenvalue weighted by molar-refractivity contribution is -0.142. The third-order valence-corrected chi connectivity index (χ3v) is 13.6. The topological polar surface area (TPSA) is 436 Å². The zero-order valence-electron chi connectivity index (χ0n) is 46.6. The van der Waals surface area contributed by atoms with Gasteiger partial charge >= 0.3 is 5.97 Å². The zero-order valence-corrected chi connectivity index (χ0v) is 46.6. The summed E-state index contributed by atoms with van der Waals surface area (Å²) in [6.45, 7) is -1.09. The summed E-state index contributed by atoms with van der Waals surface area (Å²) < 4.78 is 0. The molecule has 1 fully saturated rings. The van der Waals surface area contributed by atoms with Crippen LogP contribution in [-0.2, 0) is 68.8 Å². The molecule has 1 aliphatic rings. The normalized spacial score (nSPS) is 15.2. The van der Waals surface area contributed by atoms with E-state index in [1.807, 2.05) is 0 Å². The van der Waals surface area contributed by atoms with Gasteiger partial charge in [-0.25, -0.2) is 4.79 Å². The highest BCUT2D eigenvalue weighted by Gasteiger charge is 2.39. The van der Waals surface area contributed by atoms with Crippen molar-refractivity contribution >= 4 is 65.1 Å². The number of guanidine groups is 2. The Kier molecular flexibility index (Phi) is 26.6. The van der Waals surface area contributed by atoms with Crippen molar-refractivity contribution in [1.29, 1.82) is 0 Å². The lowest BCUT2D eigenvalue weighted by atomic mass is 10.0. The average molecular weight is 1160 g/mol. The summed E-state index contributed by atoms with van der Waals surface area (Å²) in [7, 11) is 0. The van der Waals surface area contributed by atoms with Gasteiger partial charge in [-0.2, -0.15) is 0 Å². The number of benzene rings is 4. The molecule has 26 nitrogen and oxygen atoms in total. The van der Waals surface area contributed by atoms with Crippen LogP contribution >= 0.6 is 0 Å². The summed E-state index contributed by atoms with van der Waals surface area (Å²) in [6, 6.07) is 24.3. The first-order valence-corrected chi connectivity index (χ1v) is 27.6. The molecule has 0 saturated carbocycles. The molecule has 19 N–H and O–H groups in total. The molecule has 0 aliphatic carbocycles. The quantitative estimate of drug-likeness (QED) is 0.0133. The van der Waals surface area contributed by atoms with Crippen LogP contribution in [0.1, 0.15) is 60.8 Å². The zero-order chi connectivity index (χ0) is 61.0. The Morgan fingerprint density at radius 3 is 1.32 bits per heavy atom. The monoisotopic (exact) mass is 1160 g/mol. The number of hydrogen-bond donors (Lipinski definition) is 14. The molecule has 0 unspecified atom stereocenters. The smallest absolute Gasteiger partial charge is 0.326 e. The van der Waals surface area contributed by atoms with Crippen molar-refractivity contribution in [2.24, 2.45) is 38.7 Å². The minimum Gasteiger partial charge on any atom is -0.480 e. The van der Waals surface area contributed by atoms with E-state index in [2.05, 4.69) is 47.2 Å². The van der Waals surface area contributed by atoms with Crippen LogP contribution < -0.4 is 65.9 Å². The number of carboxylic acids is 1. The van der Waals surface area contributed by atoms with Gasteiger partial charge in [-0.15, -0.1) is 0 Å². The number of hydrogen-bond acceptors (Lipinski definition) is 13. The van der Waals surface area contributed by atoms with Crippen molar-refractivity contribution in [2.45, 2.75) is 113 Å². The number of aliphatic carboxylic acids is 1. The second-order valence-corrected chi connectivity index (χ2v) is 20.1. The number of aliphatic hydroxyl groups excluding tert-OH is 1. The summed E-state index contributed by atoms with van der Waals surface area (Å²) in [5.41, 5.74) is 30.3. The number of rotatable bonds is 33. The first-order valence-electron chi connectivity index (χ1n) is 27.6. The molecular formula is C58H77N15O11. The van der Waals surface area contributed by atoms with Gasteiger partial charge in [0.2, 0.25) is 47.3 Å². The SMILES string of the molecule is NC(N)=NCCC[C@H](NC(=O)[C@H](Cc1ccccc1)NC(=O)[C@@H](Cc1ccccc1)NC(=O)[C@H](CO)NC(=O)[C@H](Cc1ccccc1)NC(=O)CNC(=O)[C@@H]1CCCN1C(=O)[C@H](Cc1ccccc1)NC(=O)[C@@H](N)CCCN=C(N)N)C(=O)O. The van der Waals surface area contributed by atoms with Crippen LogP contribution in [0.5, 0.6) is 0 Å². The van der Waals surface area contributed by atoms with Crippen LogP contribution in [0, 0.1) is 0 Å². The number of carbonyl (C=O) groups is 9. The van der Waals surface area contributed by atoms with Crippen molar-refractivity contribution in [2.75, 3.05) is 32.8 Å². The number of aliphatic hydroxyl groups is 1. The summed E-state index contributed by atoms with van der Waals surface area (Å²) in [5.74, 6) is -7.87. The molecule has 0 spiro atoms. The van der Waals surface area contributed by atoms with Gasteiger partial charge in [0.05, 0.1) is 19.2 Å². The Morgan fingerprint density at radius 2 is 0.893 bits per heavy atom. The Bertz CT molecular complexity index is 2880. The number of carbonyl (C=O) groups excluding carboxylic acids is 8. The molecule has 1 aliphatic heterocycles. The molecular weight excluding hydrogens is 1080 g/mol. The maximum atomic E-state index is 14.4. The second kappa shape index (κ2) is 34.1. The van der Waals surface area contributed by atoms with E-state index in [1.165, 1.54) is 4.90 Å². The first kappa shape index (κ1) is 65.4. The standard InChI is InChI=1S/C58H77N15O11/c59-40(24-13-27-64-57(60)61)49(76)71-45(33-39-22-11-4-12-23-39)55(82)73-29-15-26-47(73)54(81)66-34-48(75)67-42(30-36-16-5-1-6-17-36)50(77)72-46(35-74)53(80)70-44(32-38-20-9-3-10-21-38)52(79)69-43(31-37-18-7-2-8-19-37)51(78)68-41(56(83)84)25-14-28-65-58(62)63/h1-12,16-23,40-47,74H,13-15,24-35,59H2,(H,66,81)(H,67,75)(H,68,78)(H,69,79)(H,70,80)(H,71,76)(H,72,77)(H,83,84)(H4,60,61,64)(H4,62,63,65)/t40-,41-,42-,43-,44+,45-,46-,47-/m0/s1. The van der Waals surface area contributed by atoms with E-state index in [9.17, 15) is 53.4 Å². The molecule has 84 heavy (non-hydrogen) atoms. The molecule has 1 heterocycles. The van der Waals surface area contributed by atoms with Crippen LogP contribution in [0.3, 0.4) is 0 Å².